The van der Waals surface area contributed by atoms with Gasteiger partial charge in [-0.3, -0.25) is 9.36 Å². The molecule has 2 atom stereocenters. The summed E-state index contributed by atoms with van der Waals surface area (Å²) in [6.45, 7) is 4.37. The number of esters is 1. The molecule has 1 unspecified atom stereocenters. The lowest BCUT2D eigenvalue weighted by Gasteiger charge is -2.24. The van der Waals surface area contributed by atoms with E-state index in [-0.39, 0.29) is 25.8 Å². The summed E-state index contributed by atoms with van der Waals surface area (Å²) < 4.78 is 32.8. The number of phosphoric ester groups is 1. The Hall–Kier alpha value is -1.44. The molecule has 0 aromatic heterocycles. The van der Waals surface area contributed by atoms with Crippen molar-refractivity contribution < 1.29 is 38.5 Å². The van der Waals surface area contributed by atoms with Crippen LogP contribution in [0.4, 0.5) is 0 Å². The van der Waals surface area contributed by atoms with Crippen LogP contribution in [0.5, 0.6) is 0 Å². The Morgan fingerprint density at radius 3 is 1.54 bits per heavy atom. The molecule has 0 spiro atoms. The molecular weight excluding hydrogens is 625 g/mol. The van der Waals surface area contributed by atoms with E-state index in [0.717, 1.165) is 44.9 Å². The highest BCUT2D eigenvalue weighted by molar-refractivity contribution is 7.45. The molecule has 0 aliphatic heterocycles. The van der Waals surface area contributed by atoms with Crippen LogP contribution >= 0.6 is 7.82 Å². The van der Waals surface area contributed by atoms with Gasteiger partial charge >= 0.3 is 5.97 Å². The zero-order chi connectivity index (χ0) is 35.2. The second kappa shape index (κ2) is 36.8. The minimum atomic E-state index is -4.47. The summed E-state index contributed by atoms with van der Waals surface area (Å²) in [5, 5.41) is 0. The number of carbonyl (C=O) groups excluding carboxylic acids is 1. The lowest BCUT2D eigenvalue weighted by molar-refractivity contribution is -0.373. The van der Waals surface area contributed by atoms with Gasteiger partial charge in [-0.05, 0) is 76.7 Å². The van der Waals surface area contributed by atoms with E-state index in [1.807, 2.05) is 6.08 Å². The Bertz CT molecular complexity index is 833. The third kappa shape index (κ3) is 35.9. The number of phosphoric acid groups is 1. The van der Waals surface area contributed by atoms with Gasteiger partial charge in [-0.2, -0.15) is 0 Å². The average molecular weight is 700 g/mol. The van der Waals surface area contributed by atoms with Gasteiger partial charge in [-0.25, -0.2) is 0 Å². The van der Waals surface area contributed by atoms with Gasteiger partial charge < -0.3 is 29.1 Å². The fourth-order valence-electron chi connectivity index (χ4n) is 5.15. The van der Waals surface area contributed by atoms with Crippen LogP contribution in [-0.2, 0) is 27.9 Å². The van der Waals surface area contributed by atoms with Crippen molar-refractivity contribution in [2.24, 2.45) is 0 Å². The molecule has 0 saturated heterocycles. The molecule has 0 radical (unpaired) electrons. The van der Waals surface area contributed by atoms with Crippen molar-refractivity contribution in [1.29, 1.82) is 0 Å². The molecule has 0 bridgehead atoms. The van der Waals surface area contributed by atoms with Crippen molar-refractivity contribution >= 4 is 13.8 Å². The lowest BCUT2D eigenvalue weighted by atomic mass is 10.1. The number of hydrogen-bond donors (Lipinski definition) is 1. The predicted molar refractivity (Wildman–Crippen MR) is 197 cm³/mol. The SMILES string of the molecule is CCCCCC/C=C\CCCCCCCC/C=C\O[C@H](COC(=O)CCCCCCC/C=C\CCCCCC)COP(=O)([O-])OCC[NH3+]. The molecule has 0 aromatic rings. The minimum Gasteiger partial charge on any atom is -0.756 e. The first-order valence-electron chi connectivity index (χ1n) is 19.6. The summed E-state index contributed by atoms with van der Waals surface area (Å²) in [5.41, 5.74) is 3.57. The number of rotatable bonds is 37. The van der Waals surface area contributed by atoms with E-state index in [9.17, 15) is 14.3 Å². The third-order valence-corrected chi connectivity index (χ3v) is 9.10. The third-order valence-electron chi connectivity index (χ3n) is 8.14. The van der Waals surface area contributed by atoms with Crippen molar-refractivity contribution in [3.63, 3.8) is 0 Å². The number of hydrogen-bond acceptors (Lipinski definition) is 7. The Morgan fingerprint density at radius 1 is 0.625 bits per heavy atom. The molecule has 0 saturated carbocycles. The van der Waals surface area contributed by atoms with Crippen LogP contribution in [0.2, 0.25) is 0 Å². The smallest absolute Gasteiger partial charge is 0.305 e. The number of allylic oxidation sites excluding steroid dienone is 5. The standard InChI is InChI=1S/C39H74NO7P/c1-3-5-7-9-11-13-15-17-18-19-21-23-25-27-29-31-34-44-38(37-47-48(42,43)46-35-33-40)36-45-39(41)32-30-28-26-24-22-20-16-14-12-10-8-6-4-2/h13-16,31,34,38H,3-12,17-30,32-33,35-37,40H2,1-2H3,(H,42,43)/b15-13-,16-14-,34-31-/t38-/m1/s1. The fourth-order valence-corrected chi connectivity index (χ4v) is 5.93. The number of quaternary nitrogens is 1. The maximum Gasteiger partial charge on any atom is 0.305 e. The maximum absolute atomic E-state index is 12.3. The molecule has 0 rings (SSSR count). The lowest BCUT2D eigenvalue weighted by Crippen LogP contribution is -2.52. The van der Waals surface area contributed by atoms with Crippen molar-refractivity contribution in [1.82, 2.24) is 0 Å². The Morgan fingerprint density at radius 2 is 1.06 bits per heavy atom. The van der Waals surface area contributed by atoms with Crippen LogP contribution < -0.4 is 10.6 Å². The summed E-state index contributed by atoms with van der Waals surface area (Å²) in [6, 6.07) is 0. The second-order valence-electron chi connectivity index (χ2n) is 12.9. The fraction of sp³-hybridized carbons (Fsp3) is 0.821. The summed E-state index contributed by atoms with van der Waals surface area (Å²) in [4.78, 5) is 24.3. The van der Waals surface area contributed by atoms with Gasteiger partial charge in [0.2, 0.25) is 0 Å². The molecule has 0 amide bonds. The van der Waals surface area contributed by atoms with Gasteiger partial charge in [-0.1, -0.05) is 122 Å². The summed E-state index contributed by atoms with van der Waals surface area (Å²) in [7, 11) is -4.47. The van der Waals surface area contributed by atoms with Crippen LogP contribution in [0.3, 0.4) is 0 Å². The van der Waals surface area contributed by atoms with Crippen LogP contribution in [0.15, 0.2) is 36.6 Å². The molecule has 9 heteroatoms. The molecule has 8 nitrogen and oxygen atoms in total. The zero-order valence-corrected chi connectivity index (χ0v) is 32.0. The Balaban J connectivity index is 4.16. The molecule has 0 aliphatic rings. The molecule has 0 heterocycles. The van der Waals surface area contributed by atoms with E-state index in [1.54, 1.807) is 6.26 Å². The molecule has 0 fully saturated rings. The summed E-state index contributed by atoms with van der Waals surface area (Å²) >= 11 is 0. The van der Waals surface area contributed by atoms with E-state index in [1.165, 1.54) is 109 Å². The van der Waals surface area contributed by atoms with Crippen molar-refractivity contribution in [3.8, 4) is 0 Å². The van der Waals surface area contributed by atoms with Crippen molar-refractivity contribution in [3.05, 3.63) is 36.6 Å². The van der Waals surface area contributed by atoms with Crippen LogP contribution in [0.1, 0.15) is 174 Å². The molecule has 3 N–H and O–H groups in total. The van der Waals surface area contributed by atoms with Crippen LogP contribution in [0, 0.1) is 0 Å². The van der Waals surface area contributed by atoms with E-state index in [4.69, 9.17) is 18.5 Å². The number of carbonyl (C=O) groups is 1. The highest BCUT2D eigenvalue weighted by Gasteiger charge is 2.17. The second-order valence-corrected chi connectivity index (χ2v) is 14.3. The Labute approximate surface area is 295 Å². The molecule has 0 aliphatic carbocycles. The summed E-state index contributed by atoms with van der Waals surface area (Å²) in [6.07, 6.45) is 41.0. The van der Waals surface area contributed by atoms with Gasteiger partial charge in [0, 0.05) is 6.42 Å². The van der Waals surface area contributed by atoms with E-state index in [0.29, 0.717) is 13.0 Å². The van der Waals surface area contributed by atoms with Gasteiger partial charge in [0.1, 0.15) is 13.2 Å². The molecule has 48 heavy (non-hydrogen) atoms. The largest absolute Gasteiger partial charge is 0.756 e. The topological polar surface area (TPSA) is 122 Å². The minimum absolute atomic E-state index is 0.0484. The number of ether oxygens (including phenoxy) is 2. The molecular formula is C39H74NO7P. The molecule has 282 valence electrons. The van der Waals surface area contributed by atoms with E-state index < -0.39 is 13.9 Å². The van der Waals surface area contributed by atoms with Gasteiger partial charge in [0.15, 0.2) is 6.10 Å². The highest BCUT2D eigenvalue weighted by atomic mass is 31.2. The zero-order valence-electron chi connectivity index (χ0n) is 31.1. The van der Waals surface area contributed by atoms with Gasteiger partial charge in [0.25, 0.3) is 7.82 Å². The van der Waals surface area contributed by atoms with Crippen molar-refractivity contribution in [2.45, 2.75) is 180 Å². The highest BCUT2D eigenvalue weighted by Crippen LogP contribution is 2.38. The normalized spacial score (nSPS) is 13.9. The Kier molecular flexibility index (Phi) is 35.7. The first-order valence-corrected chi connectivity index (χ1v) is 21.1. The average Bonchev–Trinajstić information content (AvgIpc) is 3.08. The summed E-state index contributed by atoms with van der Waals surface area (Å²) in [5.74, 6) is -0.310. The first kappa shape index (κ1) is 46.6. The molecule has 0 aromatic carbocycles. The van der Waals surface area contributed by atoms with Crippen LogP contribution in [0.25, 0.3) is 0 Å². The first-order chi connectivity index (χ1) is 23.4. The predicted octanol–water partition coefficient (Wildman–Crippen LogP) is 10.1. The van der Waals surface area contributed by atoms with E-state index >= 15 is 0 Å². The monoisotopic (exact) mass is 700 g/mol. The maximum atomic E-state index is 12.3. The van der Waals surface area contributed by atoms with Gasteiger partial charge in [-0.15, -0.1) is 0 Å². The number of unbranched alkanes of at least 4 members (excludes halogenated alkanes) is 20. The van der Waals surface area contributed by atoms with Crippen molar-refractivity contribution in [2.75, 3.05) is 26.4 Å². The quantitative estimate of drug-likeness (QED) is 0.0225. The van der Waals surface area contributed by atoms with Gasteiger partial charge in [0.05, 0.1) is 19.4 Å². The van der Waals surface area contributed by atoms with Crippen LogP contribution in [-0.4, -0.2) is 38.4 Å². The van der Waals surface area contributed by atoms with E-state index in [2.05, 4.69) is 43.9 Å².